The van der Waals surface area contributed by atoms with Crippen molar-refractivity contribution in [2.75, 3.05) is 13.2 Å². The lowest BCUT2D eigenvalue weighted by Crippen LogP contribution is -2.36. The summed E-state index contributed by atoms with van der Waals surface area (Å²) in [4.78, 5) is 14.5. The van der Waals surface area contributed by atoms with Crippen molar-refractivity contribution in [1.82, 2.24) is 20.6 Å². The van der Waals surface area contributed by atoms with Crippen LogP contribution < -0.4 is 20.1 Å². The number of nitrogens with zero attached hydrogens (tertiary/aromatic N) is 3. The number of aliphatic imine (C=N–C) groups is 1. The summed E-state index contributed by atoms with van der Waals surface area (Å²) >= 11 is 1.68. The monoisotopic (exact) mass is 553 g/mol. The van der Waals surface area contributed by atoms with E-state index in [9.17, 15) is 0 Å². The summed E-state index contributed by atoms with van der Waals surface area (Å²) in [7, 11) is 0. The molecule has 2 N–H and O–H groups in total. The van der Waals surface area contributed by atoms with E-state index < -0.39 is 0 Å². The Kier molecular flexibility index (Phi) is 10.5. The van der Waals surface area contributed by atoms with Gasteiger partial charge in [-0.1, -0.05) is 0 Å². The van der Waals surface area contributed by atoms with Crippen LogP contribution in [0.5, 0.6) is 17.4 Å². The smallest absolute Gasteiger partial charge is 0.219 e. The van der Waals surface area contributed by atoms with Crippen molar-refractivity contribution in [3.63, 3.8) is 0 Å². The molecule has 7 nitrogen and oxygen atoms in total. The molecule has 2 heterocycles. The Morgan fingerprint density at radius 3 is 2.52 bits per heavy atom. The third-order valence-corrected chi connectivity index (χ3v) is 4.91. The van der Waals surface area contributed by atoms with E-state index in [1.807, 2.05) is 56.4 Å². The number of aryl methyl sites for hydroxylation is 1. The van der Waals surface area contributed by atoms with Gasteiger partial charge in [-0.15, -0.1) is 35.3 Å². The first-order chi connectivity index (χ1) is 14.7. The van der Waals surface area contributed by atoms with Crippen molar-refractivity contribution in [1.29, 1.82) is 0 Å². The van der Waals surface area contributed by atoms with Crippen LogP contribution in [0.4, 0.5) is 0 Å². The van der Waals surface area contributed by atoms with Crippen LogP contribution in [0.3, 0.4) is 0 Å². The van der Waals surface area contributed by atoms with E-state index in [4.69, 9.17) is 9.47 Å². The lowest BCUT2D eigenvalue weighted by molar-refractivity contribution is 0.339. The number of nitrogens with one attached hydrogen (secondary N) is 2. The Hall–Kier alpha value is -2.40. The maximum atomic E-state index is 5.86. The fourth-order valence-corrected chi connectivity index (χ4v) is 3.38. The van der Waals surface area contributed by atoms with Gasteiger partial charge in [-0.25, -0.2) is 15.0 Å². The molecule has 3 aromatic rings. The minimum Gasteiger partial charge on any atom is -0.494 e. The molecule has 0 aliphatic carbocycles. The SMILES string of the molecule is CCNC(=NCc1ccnc(Oc2ccc(OCC)cc2)c1)NCc1ncc(C)s1.I. The van der Waals surface area contributed by atoms with E-state index >= 15 is 0 Å². The van der Waals surface area contributed by atoms with Crippen molar-refractivity contribution in [2.24, 2.45) is 4.99 Å². The van der Waals surface area contributed by atoms with Crippen LogP contribution in [0.15, 0.2) is 53.8 Å². The third-order valence-electron chi connectivity index (χ3n) is 4.00. The molecule has 31 heavy (non-hydrogen) atoms. The van der Waals surface area contributed by atoms with Crippen LogP contribution in [0.2, 0.25) is 0 Å². The van der Waals surface area contributed by atoms with E-state index in [2.05, 4.69) is 32.5 Å². The maximum Gasteiger partial charge on any atom is 0.219 e. The van der Waals surface area contributed by atoms with Gasteiger partial charge in [0, 0.05) is 29.9 Å². The first-order valence-corrected chi connectivity index (χ1v) is 10.8. The van der Waals surface area contributed by atoms with E-state index in [0.29, 0.717) is 31.3 Å². The summed E-state index contributed by atoms with van der Waals surface area (Å²) in [5, 5.41) is 7.61. The summed E-state index contributed by atoms with van der Waals surface area (Å²) in [6.45, 7) is 8.63. The fraction of sp³-hybridized carbons (Fsp3) is 0.318. The van der Waals surface area contributed by atoms with Gasteiger partial charge in [0.05, 0.1) is 19.7 Å². The molecule has 0 atom stereocenters. The van der Waals surface area contributed by atoms with Gasteiger partial charge in [0.25, 0.3) is 0 Å². The van der Waals surface area contributed by atoms with Crippen molar-refractivity contribution >= 4 is 41.3 Å². The quantitative estimate of drug-likeness (QED) is 0.223. The predicted molar refractivity (Wildman–Crippen MR) is 136 cm³/mol. The number of halogens is 1. The molecule has 0 aliphatic rings. The second kappa shape index (κ2) is 13.1. The fourth-order valence-electron chi connectivity index (χ4n) is 2.65. The van der Waals surface area contributed by atoms with Gasteiger partial charge >= 0.3 is 0 Å². The maximum absolute atomic E-state index is 5.86. The second-order valence-corrected chi connectivity index (χ2v) is 7.74. The topological polar surface area (TPSA) is 80.7 Å². The van der Waals surface area contributed by atoms with Gasteiger partial charge in [0.15, 0.2) is 5.96 Å². The molecule has 3 rings (SSSR count). The molecule has 0 bridgehead atoms. The highest BCUT2D eigenvalue weighted by Gasteiger charge is 2.04. The van der Waals surface area contributed by atoms with E-state index in [1.54, 1.807) is 17.5 Å². The molecular formula is C22H28IN5O2S. The van der Waals surface area contributed by atoms with Crippen LogP contribution in [0, 0.1) is 6.92 Å². The third kappa shape index (κ3) is 8.33. The molecule has 0 aliphatic heterocycles. The van der Waals surface area contributed by atoms with Gasteiger partial charge in [-0.3, -0.25) is 0 Å². The number of guanidine groups is 1. The Balaban J connectivity index is 0.00000341. The molecular weight excluding hydrogens is 525 g/mol. The Morgan fingerprint density at radius 2 is 1.84 bits per heavy atom. The zero-order valence-electron chi connectivity index (χ0n) is 17.9. The van der Waals surface area contributed by atoms with Crippen molar-refractivity contribution in [2.45, 2.75) is 33.9 Å². The first-order valence-electron chi connectivity index (χ1n) is 9.95. The number of rotatable bonds is 9. The number of thiazole rings is 1. The van der Waals surface area contributed by atoms with Gasteiger partial charge in [-0.05, 0) is 56.7 Å². The van der Waals surface area contributed by atoms with E-state index in [1.165, 1.54) is 4.88 Å². The highest BCUT2D eigenvalue weighted by molar-refractivity contribution is 14.0. The standard InChI is InChI=1S/C22H27N5O2S.HI/c1-4-23-22(27-15-21-25-13-16(3)30-21)26-14-17-10-11-24-20(12-17)29-19-8-6-18(7-9-19)28-5-2;/h6-13H,4-5,14-15H2,1-3H3,(H2,23,26,27);1H. The van der Waals surface area contributed by atoms with Gasteiger partial charge in [-0.2, -0.15) is 0 Å². The normalized spacial score (nSPS) is 10.9. The molecule has 0 spiro atoms. The van der Waals surface area contributed by atoms with Crippen molar-refractivity contribution in [3.05, 3.63) is 64.2 Å². The van der Waals surface area contributed by atoms with Crippen LogP contribution in [-0.2, 0) is 13.1 Å². The molecule has 0 fully saturated rings. The van der Waals surface area contributed by atoms with E-state index in [0.717, 1.165) is 28.8 Å². The molecule has 0 amide bonds. The van der Waals surface area contributed by atoms with Crippen molar-refractivity contribution in [3.8, 4) is 17.4 Å². The number of aromatic nitrogens is 2. The highest BCUT2D eigenvalue weighted by atomic mass is 127. The number of benzene rings is 1. The Bertz CT molecular complexity index is 963. The summed E-state index contributed by atoms with van der Waals surface area (Å²) in [6.07, 6.45) is 3.61. The molecule has 0 saturated carbocycles. The number of hydrogen-bond donors (Lipinski definition) is 2. The number of pyridine rings is 1. The average molecular weight is 553 g/mol. The first kappa shape index (κ1) is 24.9. The molecule has 166 valence electrons. The van der Waals surface area contributed by atoms with Gasteiger partial charge < -0.3 is 20.1 Å². The van der Waals surface area contributed by atoms with Gasteiger partial charge in [0.1, 0.15) is 16.5 Å². The molecule has 9 heteroatoms. The van der Waals surface area contributed by atoms with Crippen LogP contribution >= 0.6 is 35.3 Å². The Labute approximate surface area is 204 Å². The zero-order chi connectivity index (χ0) is 21.2. The lowest BCUT2D eigenvalue weighted by Gasteiger charge is -2.10. The second-order valence-electron chi connectivity index (χ2n) is 6.42. The average Bonchev–Trinajstić information content (AvgIpc) is 3.17. The molecule has 0 unspecified atom stereocenters. The molecule has 1 aromatic carbocycles. The van der Waals surface area contributed by atoms with Gasteiger partial charge in [0.2, 0.25) is 5.88 Å². The molecule has 0 saturated heterocycles. The molecule has 0 radical (unpaired) electrons. The highest BCUT2D eigenvalue weighted by Crippen LogP contribution is 2.23. The number of ether oxygens (including phenoxy) is 2. The molecule has 2 aromatic heterocycles. The van der Waals surface area contributed by atoms with Crippen LogP contribution in [0.25, 0.3) is 0 Å². The lowest BCUT2D eigenvalue weighted by atomic mass is 10.2. The zero-order valence-corrected chi connectivity index (χ0v) is 21.1. The van der Waals surface area contributed by atoms with Crippen LogP contribution in [-0.4, -0.2) is 29.1 Å². The minimum atomic E-state index is 0. The van der Waals surface area contributed by atoms with Crippen molar-refractivity contribution < 1.29 is 9.47 Å². The number of hydrogen-bond acceptors (Lipinski definition) is 6. The summed E-state index contributed by atoms with van der Waals surface area (Å²) in [5.74, 6) is 2.80. The predicted octanol–water partition coefficient (Wildman–Crippen LogP) is 4.91. The summed E-state index contributed by atoms with van der Waals surface area (Å²) in [5.41, 5.74) is 1.01. The minimum absolute atomic E-state index is 0. The summed E-state index contributed by atoms with van der Waals surface area (Å²) < 4.78 is 11.3. The summed E-state index contributed by atoms with van der Waals surface area (Å²) in [6, 6.07) is 11.3. The van der Waals surface area contributed by atoms with Crippen LogP contribution in [0.1, 0.15) is 29.3 Å². The van der Waals surface area contributed by atoms with E-state index in [-0.39, 0.29) is 24.0 Å². The Morgan fingerprint density at radius 1 is 1.06 bits per heavy atom. The largest absolute Gasteiger partial charge is 0.494 e.